The molecule has 6 N–H and O–H groups in total. The van der Waals surface area contributed by atoms with E-state index in [0.29, 0.717) is 64.5 Å². The molecule has 1 spiro atoms. The number of aliphatic hydroxyl groups excluding tert-OH is 1. The van der Waals surface area contributed by atoms with E-state index in [1.807, 2.05) is 17.9 Å². The van der Waals surface area contributed by atoms with E-state index in [4.69, 9.17) is 23.7 Å². The molecule has 3 aromatic carbocycles. The number of esters is 1. The molecule has 10 rings (SSSR count). The van der Waals surface area contributed by atoms with Crippen LogP contribution in [-0.2, 0) is 27.9 Å². The van der Waals surface area contributed by atoms with Crippen molar-refractivity contribution in [2.75, 3.05) is 39.9 Å². The lowest BCUT2D eigenvalue weighted by atomic mass is 9.74. The number of nitrogens with zero attached hydrogens (tertiary/aromatic N) is 1. The van der Waals surface area contributed by atoms with Crippen molar-refractivity contribution in [2.24, 2.45) is 0 Å². The number of rotatable bonds is 2. The van der Waals surface area contributed by atoms with Gasteiger partial charge in [0.25, 0.3) is 0 Å². The fourth-order valence-corrected chi connectivity index (χ4v) is 11.0. The summed E-state index contributed by atoms with van der Waals surface area (Å²) in [7, 11) is 3.00. The van der Waals surface area contributed by atoms with E-state index in [1.165, 1.54) is 26.0 Å². The van der Waals surface area contributed by atoms with Crippen LogP contribution in [0.25, 0.3) is 0 Å². The summed E-state index contributed by atoms with van der Waals surface area (Å²) in [5.74, 6) is 1.27. The van der Waals surface area contributed by atoms with Crippen LogP contribution in [0.5, 0.6) is 40.2 Å². The minimum Gasteiger partial charge on any atom is -0.507 e. The number of piperazine rings is 1. The number of fused-ring (bicyclic) bond motifs is 9. The second kappa shape index (κ2) is 11.2. The van der Waals surface area contributed by atoms with Crippen LogP contribution in [-0.4, -0.2) is 89.5 Å². The second-order valence-corrected chi connectivity index (χ2v) is 15.1. The summed E-state index contributed by atoms with van der Waals surface area (Å²) < 4.78 is 29.4. The highest BCUT2D eigenvalue weighted by molar-refractivity contribution is 7.99. The zero-order valence-electron chi connectivity index (χ0n) is 28.0. The summed E-state index contributed by atoms with van der Waals surface area (Å²) >= 11 is 1.46. The number of hydrogen-bond donors (Lipinski definition) is 6. The van der Waals surface area contributed by atoms with E-state index in [2.05, 4.69) is 10.6 Å². The van der Waals surface area contributed by atoms with Crippen molar-refractivity contribution >= 4 is 17.7 Å². The summed E-state index contributed by atoms with van der Waals surface area (Å²) in [5, 5.41) is 53.3. The number of methoxy groups -OCH3 is 2. The molecule has 0 radical (unpaired) electrons. The first kappa shape index (κ1) is 31.9. The standard InChI is InChI=1S/C36H39N3O10S/c1-14-7-17-8-19-34(43)39-20-11-47-35(44)36(18-10-22(45-3)21(40)9-16(18)5-6-37-36)12-50-33(27(39)26(38-19)23(17)29(42)30(14)46-4)25-24(20)32-31(48-13-49-32)15(2)28(25)41/h7,9-10,19-20,26-27,33-34,37-38,40-43H,5-6,8,11-13H2,1-4H3/t19?,20-,26?,27?,33+,34-,36+/m0/s1. The van der Waals surface area contributed by atoms with Crippen molar-refractivity contribution in [3.63, 3.8) is 0 Å². The Morgan fingerprint density at radius 3 is 2.56 bits per heavy atom. The number of aryl methyl sites for hydroxylation is 1. The molecule has 7 heterocycles. The van der Waals surface area contributed by atoms with Gasteiger partial charge in [-0.1, -0.05) is 6.07 Å². The van der Waals surface area contributed by atoms with Gasteiger partial charge in [0.1, 0.15) is 18.6 Å². The van der Waals surface area contributed by atoms with Gasteiger partial charge in [-0.2, -0.15) is 0 Å². The zero-order valence-corrected chi connectivity index (χ0v) is 28.8. The van der Waals surface area contributed by atoms with E-state index in [-0.39, 0.29) is 42.2 Å². The zero-order chi connectivity index (χ0) is 34.8. The highest BCUT2D eigenvalue weighted by atomic mass is 32.2. The van der Waals surface area contributed by atoms with Gasteiger partial charge in [0, 0.05) is 40.6 Å². The SMILES string of the molecule is COc1cc2c(cc1O)CCN[C@]21CS[C@@H]2c3c(O)c(C)c4c(c3[C@H](COC1=O)N1C2C2NC(Cc3cc(C)c(OC)c(O)c32)[C@@H]1O)OCO4. The quantitative estimate of drug-likeness (QED) is 0.215. The minimum absolute atomic E-state index is 0.0115. The van der Waals surface area contributed by atoms with Crippen molar-refractivity contribution < 1.29 is 48.9 Å². The molecule has 2 fully saturated rings. The monoisotopic (exact) mass is 705 g/mol. The first-order valence-electron chi connectivity index (χ1n) is 16.8. The second-order valence-electron chi connectivity index (χ2n) is 13.9. The minimum atomic E-state index is -1.32. The Morgan fingerprint density at radius 2 is 1.78 bits per heavy atom. The molecule has 7 aliphatic heterocycles. The molecule has 4 bridgehead atoms. The van der Waals surface area contributed by atoms with Gasteiger partial charge < -0.3 is 49.4 Å². The average molecular weight is 706 g/mol. The first-order chi connectivity index (χ1) is 24.1. The topological polar surface area (TPSA) is 171 Å². The number of nitrogens with one attached hydrogen (secondary N) is 2. The number of benzene rings is 3. The van der Waals surface area contributed by atoms with Crippen LogP contribution < -0.4 is 29.6 Å². The number of phenols is 3. The third-order valence-corrected chi connectivity index (χ3v) is 13.0. The highest BCUT2D eigenvalue weighted by Gasteiger charge is 2.59. The molecule has 264 valence electrons. The molecule has 3 aromatic rings. The average Bonchev–Trinajstić information content (AvgIpc) is 3.60. The highest BCUT2D eigenvalue weighted by Crippen LogP contribution is 2.63. The van der Waals surface area contributed by atoms with Crippen LogP contribution in [0.1, 0.15) is 61.8 Å². The van der Waals surface area contributed by atoms with Gasteiger partial charge in [-0.25, -0.2) is 4.79 Å². The predicted octanol–water partition coefficient (Wildman–Crippen LogP) is 2.85. The van der Waals surface area contributed by atoms with Crippen LogP contribution in [0.3, 0.4) is 0 Å². The van der Waals surface area contributed by atoms with E-state index in [9.17, 15) is 25.2 Å². The van der Waals surface area contributed by atoms with Crippen LogP contribution >= 0.6 is 11.8 Å². The maximum Gasteiger partial charge on any atom is 0.331 e. The molecular formula is C36H39N3O10S. The number of hydrogen-bond acceptors (Lipinski definition) is 14. The summed E-state index contributed by atoms with van der Waals surface area (Å²) in [5.41, 5.74) is 4.29. The fourth-order valence-electron chi connectivity index (χ4n) is 9.34. The summed E-state index contributed by atoms with van der Waals surface area (Å²) in [6.45, 7) is 3.93. The van der Waals surface area contributed by atoms with E-state index < -0.39 is 47.2 Å². The molecular weight excluding hydrogens is 666 g/mol. The predicted molar refractivity (Wildman–Crippen MR) is 180 cm³/mol. The van der Waals surface area contributed by atoms with Gasteiger partial charge in [-0.15, -0.1) is 11.8 Å². The van der Waals surface area contributed by atoms with E-state index in [1.54, 1.807) is 19.1 Å². The van der Waals surface area contributed by atoms with Crippen molar-refractivity contribution in [1.82, 2.24) is 15.5 Å². The molecule has 0 saturated carbocycles. The maximum atomic E-state index is 14.5. The Labute approximate surface area is 292 Å². The Balaban J connectivity index is 1.28. The first-order valence-corrected chi connectivity index (χ1v) is 17.8. The number of ether oxygens (including phenoxy) is 5. The lowest BCUT2D eigenvalue weighted by Crippen LogP contribution is -2.69. The molecule has 0 aliphatic carbocycles. The number of carbonyl (C=O) groups excluding carboxylic acids is 1. The summed E-state index contributed by atoms with van der Waals surface area (Å²) in [4.78, 5) is 16.5. The van der Waals surface area contributed by atoms with Crippen molar-refractivity contribution in [3.05, 3.63) is 62.7 Å². The largest absolute Gasteiger partial charge is 0.507 e. The third-order valence-electron chi connectivity index (χ3n) is 11.5. The number of aromatic hydroxyl groups is 3. The Hall–Kier alpha value is -4.08. The van der Waals surface area contributed by atoms with Crippen LogP contribution in [0.15, 0.2) is 18.2 Å². The fraction of sp³-hybridized carbons (Fsp3) is 0.472. The smallest absolute Gasteiger partial charge is 0.331 e. The van der Waals surface area contributed by atoms with Crippen LogP contribution in [0.4, 0.5) is 0 Å². The Morgan fingerprint density at radius 1 is 0.980 bits per heavy atom. The van der Waals surface area contributed by atoms with Crippen molar-refractivity contribution in [2.45, 2.75) is 67.9 Å². The van der Waals surface area contributed by atoms with E-state index >= 15 is 0 Å². The molecule has 3 unspecified atom stereocenters. The molecule has 0 aromatic heterocycles. The molecule has 7 atom stereocenters. The maximum absolute atomic E-state index is 14.5. The van der Waals surface area contributed by atoms with Gasteiger partial charge in [-0.3, -0.25) is 10.2 Å². The van der Waals surface area contributed by atoms with E-state index in [0.717, 1.165) is 16.7 Å². The number of aliphatic hydroxyl groups is 1. The molecule has 13 nitrogen and oxygen atoms in total. The van der Waals surface area contributed by atoms with Gasteiger partial charge in [0.2, 0.25) is 6.79 Å². The number of thioether (sulfide) groups is 1. The normalized spacial score (nSPS) is 30.5. The van der Waals surface area contributed by atoms with Gasteiger partial charge in [0.15, 0.2) is 40.0 Å². The molecule has 50 heavy (non-hydrogen) atoms. The lowest BCUT2D eigenvalue weighted by Gasteiger charge is -2.59. The van der Waals surface area contributed by atoms with Gasteiger partial charge in [-0.05, 0) is 61.1 Å². The molecule has 14 heteroatoms. The Bertz CT molecular complexity index is 1970. The van der Waals surface area contributed by atoms with Gasteiger partial charge >= 0.3 is 5.97 Å². The summed E-state index contributed by atoms with van der Waals surface area (Å²) in [6.07, 6.45) is 0.00351. The lowest BCUT2D eigenvalue weighted by molar-refractivity contribution is -0.164. The van der Waals surface area contributed by atoms with Crippen LogP contribution in [0.2, 0.25) is 0 Å². The van der Waals surface area contributed by atoms with Crippen molar-refractivity contribution in [1.29, 1.82) is 0 Å². The molecule has 7 aliphatic rings. The third kappa shape index (κ3) is 4.13. The summed E-state index contributed by atoms with van der Waals surface area (Å²) in [6, 6.07) is 3.15. The molecule has 2 saturated heterocycles. The Kier molecular flexibility index (Phi) is 7.14. The molecule has 0 amide bonds. The van der Waals surface area contributed by atoms with Crippen molar-refractivity contribution in [3.8, 4) is 40.2 Å². The van der Waals surface area contributed by atoms with Gasteiger partial charge in [0.05, 0.1) is 37.6 Å². The van der Waals surface area contributed by atoms with Crippen LogP contribution in [0, 0.1) is 13.8 Å². The number of carbonyl (C=O) groups is 1. The number of phenolic OH excluding ortho intramolecular Hbond substituents is 3.